The van der Waals surface area contributed by atoms with Gasteiger partial charge in [-0.1, -0.05) is 12.1 Å². The maximum atomic E-state index is 8.15. The van der Waals surface area contributed by atoms with Gasteiger partial charge >= 0.3 is 0 Å². The lowest BCUT2D eigenvalue weighted by molar-refractivity contribution is 0.304. The van der Waals surface area contributed by atoms with Gasteiger partial charge in [-0.2, -0.15) is 0 Å². The van der Waals surface area contributed by atoms with Gasteiger partial charge < -0.3 is 15.8 Å². The predicted molar refractivity (Wildman–Crippen MR) is 36.3 cm³/mol. The first kappa shape index (κ1) is 8.07. The molecule has 0 aromatic carbocycles. The van der Waals surface area contributed by atoms with Crippen LogP contribution in [0, 0.1) is 0 Å². The molecular weight excluding hydrogens is 118 g/mol. The summed E-state index contributed by atoms with van der Waals surface area (Å²) in [5, 5.41) is 11.0. The molecule has 0 bridgehead atoms. The maximum absolute atomic E-state index is 8.15. The van der Waals surface area contributed by atoms with Gasteiger partial charge in [-0.3, -0.25) is 0 Å². The van der Waals surface area contributed by atoms with Crippen LogP contribution in [-0.4, -0.2) is 29.7 Å². The summed E-state index contributed by atoms with van der Waals surface area (Å²) < 4.78 is 0. The Bertz CT molecular complexity index is 102. The van der Waals surface area contributed by atoms with Crippen LogP contribution in [0.15, 0.2) is 5.16 Å². The van der Waals surface area contributed by atoms with Gasteiger partial charge in [0.1, 0.15) is 0 Å². The minimum atomic E-state index is 0.164. The van der Waals surface area contributed by atoms with Crippen molar-refractivity contribution in [2.75, 3.05) is 13.6 Å². The monoisotopic (exact) mass is 131 g/mol. The number of oxime groups is 1. The lowest BCUT2D eigenvalue weighted by Gasteiger charge is -2.14. The second kappa shape index (κ2) is 4.00. The summed E-state index contributed by atoms with van der Waals surface area (Å²) in [5.41, 5.74) is 5.23. The number of rotatable bonds is 2. The van der Waals surface area contributed by atoms with Crippen LogP contribution in [0.1, 0.15) is 13.3 Å². The second-order valence-corrected chi connectivity index (χ2v) is 1.88. The number of hydrogen-bond donors (Lipinski definition) is 2. The summed E-state index contributed by atoms with van der Waals surface area (Å²) in [7, 11) is 1.78. The van der Waals surface area contributed by atoms with Gasteiger partial charge in [-0.05, 0) is 6.42 Å². The summed E-state index contributed by atoms with van der Waals surface area (Å²) in [4.78, 5) is 1.68. The molecule has 3 N–H and O–H groups in total. The first-order valence-corrected chi connectivity index (χ1v) is 2.91. The third kappa shape index (κ3) is 2.79. The summed E-state index contributed by atoms with van der Waals surface area (Å²) >= 11 is 0. The number of nitrogens with two attached hydrogens (primary N) is 1. The van der Waals surface area contributed by atoms with Crippen molar-refractivity contribution < 1.29 is 5.21 Å². The Morgan fingerprint density at radius 2 is 2.33 bits per heavy atom. The van der Waals surface area contributed by atoms with Gasteiger partial charge in [0.25, 0.3) is 0 Å². The molecule has 0 saturated heterocycles. The summed E-state index contributed by atoms with van der Waals surface area (Å²) in [6.45, 7) is 2.84. The van der Waals surface area contributed by atoms with Gasteiger partial charge in [-0.25, -0.2) is 0 Å². The molecule has 54 valence electrons. The fraction of sp³-hybridized carbons (Fsp3) is 0.800. The minimum Gasteiger partial charge on any atom is -0.408 e. The molecule has 0 aliphatic heterocycles. The summed E-state index contributed by atoms with van der Waals surface area (Å²) in [5.74, 6) is 0.164. The highest BCUT2D eigenvalue weighted by Crippen LogP contribution is 1.83. The van der Waals surface area contributed by atoms with Crippen LogP contribution in [0.25, 0.3) is 0 Å². The van der Waals surface area contributed by atoms with E-state index in [2.05, 4.69) is 5.16 Å². The lowest BCUT2D eigenvalue weighted by atomic mass is 10.4. The third-order valence-corrected chi connectivity index (χ3v) is 1.05. The van der Waals surface area contributed by atoms with Gasteiger partial charge in [0.2, 0.25) is 5.96 Å². The zero-order valence-electron chi connectivity index (χ0n) is 5.83. The molecule has 0 heterocycles. The van der Waals surface area contributed by atoms with Crippen molar-refractivity contribution in [3.05, 3.63) is 0 Å². The Hall–Kier alpha value is -0.930. The maximum Gasteiger partial charge on any atom is 0.233 e. The Balaban J connectivity index is 3.59. The molecule has 0 saturated carbocycles. The Morgan fingerprint density at radius 1 is 1.78 bits per heavy atom. The van der Waals surface area contributed by atoms with E-state index in [1.807, 2.05) is 6.92 Å². The van der Waals surface area contributed by atoms with Crippen molar-refractivity contribution in [1.29, 1.82) is 0 Å². The topological polar surface area (TPSA) is 61.8 Å². The number of hydrogen-bond acceptors (Lipinski definition) is 2. The fourth-order valence-corrected chi connectivity index (χ4v) is 0.526. The van der Waals surface area contributed by atoms with Crippen LogP contribution >= 0.6 is 0 Å². The smallest absolute Gasteiger partial charge is 0.233 e. The van der Waals surface area contributed by atoms with E-state index in [1.165, 1.54) is 0 Å². The van der Waals surface area contributed by atoms with Crippen LogP contribution in [0.5, 0.6) is 0 Å². The van der Waals surface area contributed by atoms with Crippen LogP contribution < -0.4 is 5.73 Å². The van der Waals surface area contributed by atoms with E-state index < -0.39 is 0 Å². The molecular formula is C5H13N3O. The fourth-order valence-electron chi connectivity index (χ4n) is 0.526. The average Bonchev–Trinajstić information content (AvgIpc) is 1.87. The molecule has 4 nitrogen and oxygen atoms in total. The minimum absolute atomic E-state index is 0.164. The number of nitrogens with zero attached hydrogens (tertiary/aromatic N) is 2. The van der Waals surface area contributed by atoms with E-state index >= 15 is 0 Å². The molecule has 0 aliphatic carbocycles. The van der Waals surface area contributed by atoms with Crippen LogP contribution in [0.2, 0.25) is 0 Å². The highest BCUT2D eigenvalue weighted by Gasteiger charge is 1.97. The first-order chi connectivity index (χ1) is 4.22. The zero-order valence-corrected chi connectivity index (χ0v) is 5.83. The molecule has 9 heavy (non-hydrogen) atoms. The van der Waals surface area contributed by atoms with Gasteiger partial charge in [0.15, 0.2) is 0 Å². The van der Waals surface area contributed by atoms with Crippen molar-refractivity contribution in [3.8, 4) is 0 Å². The summed E-state index contributed by atoms with van der Waals surface area (Å²) in [6, 6.07) is 0. The van der Waals surface area contributed by atoms with Gasteiger partial charge in [0, 0.05) is 13.6 Å². The largest absolute Gasteiger partial charge is 0.408 e. The Labute approximate surface area is 54.9 Å². The molecule has 0 aromatic rings. The van der Waals surface area contributed by atoms with Crippen molar-refractivity contribution in [2.24, 2.45) is 10.9 Å². The van der Waals surface area contributed by atoms with Crippen molar-refractivity contribution in [2.45, 2.75) is 13.3 Å². The normalized spacial score (nSPS) is 11.6. The molecule has 0 amide bonds. The Morgan fingerprint density at radius 3 is 2.67 bits per heavy atom. The van der Waals surface area contributed by atoms with E-state index in [-0.39, 0.29) is 5.96 Å². The highest BCUT2D eigenvalue weighted by atomic mass is 16.4. The third-order valence-electron chi connectivity index (χ3n) is 1.05. The summed E-state index contributed by atoms with van der Waals surface area (Å²) in [6.07, 6.45) is 0.993. The molecule has 0 atom stereocenters. The highest BCUT2D eigenvalue weighted by molar-refractivity contribution is 5.76. The SMILES string of the molecule is CCCN(C)C(N)=NO. The van der Waals surface area contributed by atoms with Crippen molar-refractivity contribution >= 4 is 5.96 Å². The van der Waals surface area contributed by atoms with E-state index in [1.54, 1.807) is 11.9 Å². The molecule has 0 radical (unpaired) electrons. The van der Waals surface area contributed by atoms with E-state index in [0.717, 1.165) is 13.0 Å². The van der Waals surface area contributed by atoms with E-state index in [0.29, 0.717) is 0 Å². The van der Waals surface area contributed by atoms with Gasteiger partial charge in [0.05, 0.1) is 0 Å². The van der Waals surface area contributed by atoms with Crippen LogP contribution in [0.4, 0.5) is 0 Å². The molecule has 0 unspecified atom stereocenters. The molecule has 0 aromatic heterocycles. The van der Waals surface area contributed by atoms with Crippen LogP contribution in [0.3, 0.4) is 0 Å². The zero-order chi connectivity index (χ0) is 7.28. The van der Waals surface area contributed by atoms with Crippen LogP contribution in [-0.2, 0) is 0 Å². The number of guanidine groups is 1. The molecule has 0 rings (SSSR count). The molecule has 0 spiro atoms. The average molecular weight is 131 g/mol. The second-order valence-electron chi connectivity index (χ2n) is 1.88. The van der Waals surface area contributed by atoms with E-state index in [9.17, 15) is 0 Å². The molecule has 0 fully saturated rings. The Kier molecular flexibility index (Phi) is 3.59. The van der Waals surface area contributed by atoms with Gasteiger partial charge in [-0.15, -0.1) is 0 Å². The quantitative estimate of drug-likeness (QED) is 0.240. The van der Waals surface area contributed by atoms with E-state index in [4.69, 9.17) is 10.9 Å². The lowest BCUT2D eigenvalue weighted by Crippen LogP contribution is -2.34. The first-order valence-electron chi connectivity index (χ1n) is 2.91. The predicted octanol–water partition coefficient (Wildman–Crippen LogP) is 0.0321. The molecule has 0 aliphatic rings. The standard InChI is InChI=1S/C5H13N3O/c1-3-4-8(2)5(6)7-9/h9H,3-4H2,1-2H3,(H2,6,7). The van der Waals surface area contributed by atoms with Crippen molar-refractivity contribution in [3.63, 3.8) is 0 Å². The van der Waals surface area contributed by atoms with Crippen molar-refractivity contribution in [1.82, 2.24) is 4.90 Å². The molecule has 4 heteroatoms.